The molecule has 1 aromatic carbocycles. The van der Waals surface area contributed by atoms with Crippen LogP contribution in [-0.4, -0.2) is 42.9 Å². The van der Waals surface area contributed by atoms with Gasteiger partial charge in [-0.3, -0.25) is 4.68 Å². The zero-order valence-corrected chi connectivity index (χ0v) is 20.4. The van der Waals surface area contributed by atoms with Crippen molar-refractivity contribution >= 4 is 11.2 Å². The third-order valence-electron chi connectivity index (χ3n) is 5.90. The Labute approximate surface area is 207 Å². The van der Waals surface area contributed by atoms with Crippen LogP contribution >= 0.6 is 0 Å². The lowest BCUT2D eigenvalue weighted by Crippen LogP contribution is -2.03. The first-order valence-corrected chi connectivity index (χ1v) is 12.0. The van der Waals surface area contributed by atoms with E-state index in [1.165, 1.54) is 50.6 Å². The first-order chi connectivity index (χ1) is 17.4. The molecule has 2 fully saturated rings. The van der Waals surface area contributed by atoms with Crippen LogP contribution in [0.4, 0.5) is 13.2 Å². The number of aromatic nitrogens is 6. The van der Waals surface area contributed by atoms with Crippen molar-refractivity contribution in [2.24, 2.45) is 0 Å². The monoisotopic (exact) mass is 498 g/mol. The van der Waals surface area contributed by atoms with Crippen LogP contribution in [0.2, 0.25) is 0 Å². The van der Waals surface area contributed by atoms with Gasteiger partial charge in [0, 0.05) is 36.7 Å². The molecule has 10 heteroatoms. The molecule has 36 heavy (non-hydrogen) atoms. The standard InChI is InChI=1S/C15H11F3N4.C6H8N2.C5H10O/c1-7-8(2)22-15-13(21-7)12(19-6-20-15)10-4-3-9(14(17)18)5-11(10)16;1-4-7-8(5-1)6-2-3-6;1-2-4-6-5-3-1/h3-6,14H,1-2H3;1,4-6H,2-3H2;1-5H2. The third-order valence-corrected chi connectivity index (χ3v) is 5.90. The van der Waals surface area contributed by atoms with Crippen LogP contribution in [0.3, 0.4) is 0 Å². The number of alkyl halides is 2. The molecule has 1 saturated carbocycles. The maximum Gasteiger partial charge on any atom is 0.263 e. The summed E-state index contributed by atoms with van der Waals surface area (Å²) in [5.41, 5.74) is 2.02. The summed E-state index contributed by atoms with van der Waals surface area (Å²) in [6, 6.07) is 5.96. The number of hydrogen-bond acceptors (Lipinski definition) is 6. The second kappa shape index (κ2) is 12.0. The summed E-state index contributed by atoms with van der Waals surface area (Å²) >= 11 is 0. The molecule has 0 atom stereocenters. The van der Waals surface area contributed by atoms with E-state index in [9.17, 15) is 13.2 Å². The lowest BCUT2D eigenvalue weighted by molar-refractivity contribution is 0.0968. The van der Waals surface area contributed by atoms with Gasteiger partial charge in [-0.1, -0.05) is 6.07 Å². The van der Waals surface area contributed by atoms with Gasteiger partial charge in [0.05, 0.1) is 17.4 Å². The van der Waals surface area contributed by atoms with Gasteiger partial charge in [0.15, 0.2) is 5.65 Å². The van der Waals surface area contributed by atoms with Crippen LogP contribution in [0, 0.1) is 19.7 Å². The highest BCUT2D eigenvalue weighted by atomic mass is 19.3. The van der Waals surface area contributed by atoms with Crippen LogP contribution in [0.5, 0.6) is 0 Å². The molecular weight excluding hydrogens is 469 g/mol. The van der Waals surface area contributed by atoms with Crippen molar-refractivity contribution in [3.8, 4) is 11.3 Å². The van der Waals surface area contributed by atoms with Crippen LogP contribution < -0.4 is 0 Å². The number of hydrogen-bond donors (Lipinski definition) is 0. The molecule has 6 rings (SSSR count). The summed E-state index contributed by atoms with van der Waals surface area (Å²) in [5, 5.41) is 4.09. The number of rotatable bonds is 3. The van der Waals surface area contributed by atoms with E-state index < -0.39 is 12.2 Å². The van der Waals surface area contributed by atoms with Crippen LogP contribution in [-0.2, 0) is 4.74 Å². The van der Waals surface area contributed by atoms with Crippen molar-refractivity contribution in [1.82, 2.24) is 29.7 Å². The lowest BCUT2D eigenvalue weighted by atomic mass is 10.1. The van der Waals surface area contributed by atoms with E-state index >= 15 is 0 Å². The first kappa shape index (κ1) is 25.7. The van der Waals surface area contributed by atoms with Crippen molar-refractivity contribution < 1.29 is 17.9 Å². The van der Waals surface area contributed by atoms with Gasteiger partial charge in [0.1, 0.15) is 23.4 Å². The fourth-order valence-corrected chi connectivity index (χ4v) is 3.62. The Morgan fingerprint density at radius 2 is 1.75 bits per heavy atom. The molecule has 3 aromatic heterocycles. The molecule has 2 aliphatic rings. The average Bonchev–Trinajstić information content (AvgIpc) is 3.60. The quantitative estimate of drug-likeness (QED) is 0.335. The SMILES string of the molecule is C1CCOCC1.Cc1nc2ncnc(-c3ccc(C(F)F)cc3F)c2nc1C.c1cnn(C2CC2)c1. The molecule has 1 saturated heterocycles. The lowest BCUT2D eigenvalue weighted by Gasteiger charge is -2.08. The number of fused-ring (bicyclic) bond motifs is 1. The Morgan fingerprint density at radius 3 is 2.31 bits per heavy atom. The van der Waals surface area contributed by atoms with Crippen LogP contribution in [0.15, 0.2) is 43.0 Å². The molecule has 1 aliphatic heterocycles. The number of benzene rings is 1. The molecular formula is C26H29F3N6O. The van der Waals surface area contributed by atoms with Gasteiger partial charge < -0.3 is 4.74 Å². The fourth-order valence-electron chi connectivity index (χ4n) is 3.62. The molecule has 0 spiro atoms. The van der Waals surface area contributed by atoms with E-state index in [2.05, 4.69) is 25.0 Å². The van der Waals surface area contributed by atoms with E-state index in [1.807, 2.05) is 23.1 Å². The third kappa shape index (κ3) is 6.63. The van der Waals surface area contributed by atoms with Crippen molar-refractivity contribution in [3.63, 3.8) is 0 Å². The number of nitrogens with zero attached hydrogens (tertiary/aromatic N) is 6. The van der Waals surface area contributed by atoms with Gasteiger partial charge in [0.2, 0.25) is 0 Å². The Balaban J connectivity index is 0.000000174. The zero-order chi connectivity index (χ0) is 25.5. The number of halogens is 3. The molecule has 7 nitrogen and oxygen atoms in total. The van der Waals surface area contributed by atoms with E-state index in [0.29, 0.717) is 22.6 Å². The molecule has 0 unspecified atom stereocenters. The molecule has 4 aromatic rings. The highest BCUT2D eigenvalue weighted by molar-refractivity contribution is 5.86. The summed E-state index contributed by atoms with van der Waals surface area (Å²) in [6.45, 7) is 5.57. The van der Waals surface area contributed by atoms with Gasteiger partial charge in [-0.25, -0.2) is 33.1 Å². The van der Waals surface area contributed by atoms with Crippen molar-refractivity contribution in [1.29, 1.82) is 0 Å². The van der Waals surface area contributed by atoms with Gasteiger partial charge in [-0.2, -0.15) is 5.10 Å². The molecule has 0 N–H and O–H groups in total. The van der Waals surface area contributed by atoms with Gasteiger partial charge >= 0.3 is 0 Å². The maximum atomic E-state index is 14.2. The predicted octanol–water partition coefficient (Wildman–Crippen LogP) is 6.19. The topological polar surface area (TPSA) is 78.6 Å². The zero-order valence-electron chi connectivity index (χ0n) is 20.4. The van der Waals surface area contributed by atoms with Gasteiger partial charge in [-0.15, -0.1) is 0 Å². The Hall–Kier alpha value is -3.40. The van der Waals surface area contributed by atoms with E-state index in [0.717, 1.165) is 25.3 Å². The van der Waals surface area contributed by atoms with E-state index in [-0.39, 0.29) is 16.8 Å². The van der Waals surface area contributed by atoms with Crippen molar-refractivity contribution in [2.75, 3.05) is 13.2 Å². The summed E-state index contributed by atoms with van der Waals surface area (Å²) < 4.78 is 46.5. The normalized spacial score (nSPS) is 15.2. The Bertz CT molecular complexity index is 1260. The summed E-state index contributed by atoms with van der Waals surface area (Å²) in [7, 11) is 0. The van der Waals surface area contributed by atoms with Crippen LogP contribution in [0.1, 0.15) is 61.5 Å². The summed E-state index contributed by atoms with van der Waals surface area (Å²) in [4.78, 5) is 16.7. The summed E-state index contributed by atoms with van der Waals surface area (Å²) in [6.07, 6.45) is 8.95. The maximum absolute atomic E-state index is 14.2. The molecule has 0 bridgehead atoms. The van der Waals surface area contributed by atoms with Gasteiger partial charge in [0.25, 0.3) is 6.43 Å². The van der Waals surface area contributed by atoms with Crippen molar-refractivity contribution in [2.45, 2.75) is 58.4 Å². The minimum Gasteiger partial charge on any atom is -0.381 e. The Kier molecular flexibility index (Phi) is 8.58. The second-order valence-corrected chi connectivity index (χ2v) is 8.72. The minimum atomic E-state index is -2.73. The number of aryl methyl sites for hydroxylation is 2. The highest BCUT2D eigenvalue weighted by Gasteiger charge is 2.23. The fraction of sp³-hybridized carbons (Fsp3) is 0.423. The largest absolute Gasteiger partial charge is 0.381 e. The van der Waals surface area contributed by atoms with E-state index in [1.54, 1.807) is 13.8 Å². The molecule has 0 amide bonds. The first-order valence-electron chi connectivity index (χ1n) is 12.0. The highest BCUT2D eigenvalue weighted by Crippen LogP contribution is 2.33. The van der Waals surface area contributed by atoms with E-state index in [4.69, 9.17) is 4.74 Å². The van der Waals surface area contributed by atoms with Crippen molar-refractivity contribution in [3.05, 3.63) is 65.8 Å². The molecule has 190 valence electrons. The molecule has 1 aliphatic carbocycles. The minimum absolute atomic E-state index is 0.0920. The summed E-state index contributed by atoms with van der Waals surface area (Å²) in [5.74, 6) is -0.780. The Morgan fingerprint density at radius 1 is 1.00 bits per heavy atom. The average molecular weight is 499 g/mol. The molecule has 4 heterocycles. The smallest absolute Gasteiger partial charge is 0.263 e. The number of ether oxygens (including phenoxy) is 1. The second-order valence-electron chi connectivity index (χ2n) is 8.72. The van der Waals surface area contributed by atoms with Crippen LogP contribution in [0.25, 0.3) is 22.4 Å². The molecule has 0 radical (unpaired) electrons. The van der Waals surface area contributed by atoms with Gasteiger partial charge in [-0.05, 0) is 64.2 Å². The predicted molar refractivity (Wildman–Crippen MR) is 130 cm³/mol.